The molecule has 0 fully saturated rings. The van der Waals surface area contributed by atoms with Crippen LogP contribution in [0.3, 0.4) is 0 Å². The smallest absolute Gasteiger partial charge is 0.494 e. The number of hydrogen-bond donors (Lipinski definition) is 0. The van der Waals surface area contributed by atoms with E-state index in [0.29, 0.717) is 31.4 Å². The summed E-state index contributed by atoms with van der Waals surface area (Å²) in [6, 6.07) is 7.99. The van der Waals surface area contributed by atoms with Crippen LogP contribution in [0, 0.1) is 5.92 Å². The van der Waals surface area contributed by atoms with E-state index in [1.54, 1.807) is 0 Å². The predicted octanol–water partition coefficient (Wildman–Crippen LogP) is 10.4. The van der Waals surface area contributed by atoms with Crippen molar-refractivity contribution in [3.05, 3.63) is 24.3 Å². The summed E-state index contributed by atoms with van der Waals surface area (Å²) in [4.78, 5) is 12.1. The molecule has 40 heavy (non-hydrogen) atoms. The van der Waals surface area contributed by atoms with Crippen LogP contribution < -0.4 is 9.75 Å². The average Bonchev–Trinajstić information content (AvgIpc) is 3.44. The molecule has 1 aromatic carbocycles. The van der Waals surface area contributed by atoms with Gasteiger partial charge in [-0.3, -0.25) is 5.01 Å². The standard InChI is InChI=1S/C34H58N2O4/c1-4-7-9-10-11-12-13-14-15-16-17-18-19-20-27-38-32-24-21-23-31(28-32)36-26-25-33(35-36)40-34(37)39-29-30(6-3)22-8-5-2/h21,23-24,28,30H,4-20,22,25-27,29H2,1-3H3. The average molecular weight is 559 g/mol. The molecule has 0 spiro atoms. The highest BCUT2D eigenvalue weighted by molar-refractivity contribution is 5.88. The molecule has 0 aliphatic carbocycles. The lowest BCUT2D eigenvalue weighted by Gasteiger charge is -2.15. The van der Waals surface area contributed by atoms with Gasteiger partial charge in [-0.15, -0.1) is 5.10 Å². The summed E-state index contributed by atoms with van der Waals surface area (Å²) in [5.74, 6) is 1.65. The number of unbranched alkanes of at least 4 members (excludes halogenated alkanes) is 14. The van der Waals surface area contributed by atoms with Gasteiger partial charge in [0.15, 0.2) is 0 Å². The molecule has 1 heterocycles. The SMILES string of the molecule is CCCCCCCCCCCCCCCCOc1cccc(N2CCC(OC(=O)OCC(CC)CCCC)=N2)c1. The zero-order valence-corrected chi connectivity index (χ0v) is 26.0. The third-order valence-electron chi connectivity index (χ3n) is 7.83. The van der Waals surface area contributed by atoms with Crippen molar-refractivity contribution in [3.63, 3.8) is 0 Å². The number of ether oxygens (including phenoxy) is 3. The number of carbonyl (C=O) groups excluding carboxylic acids is 1. The van der Waals surface area contributed by atoms with Crippen LogP contribution in [-0.4, -0.2) is 31.8 Å². The lowest BCUT2D eigenvalue weighted by atomic mass is 10.0. The summed E-state index contributed by atoms with van der Waals surface area (Å²) < 4.78 is 16.7. The topological polar surface area (TPSA) is 60.4 Å². The van der Waals surface area contributed by atoms with Gasteiger partial charge < -0.3 is 14.2 Å². The molecule has 2 rings (SSSR count). The van der Waals surface area contributed by atoms with E-state index < -0.39 is 6.16 Å². The molecule has 0 aromatic heterocycles. The van der Waals surface area contributed by atoms with E-state index in [4.69, 9.17) is 14.2 Å². The van der Waals surface area contributed by atoms with E-state index >= 15 is 0 Å². The van der Waals surface area contributed by atoms with Gasteiger partial charge in [-0.1, -0.05) is 130 Å². The number of carbonyl (C=O) groups is 1. The van der Waals surface area contributed by atoms with Crippen LogP contribution in [0.25, 0.3) is 0 Å². The van der Waals surface area contributed by atoms with E-state index in [9.17, 15) is 4.79 Å². The Hall–Kier alpha value is -2.24. The maximum atomic E-state index is 12.1. The molecule has 0 saturated heterocycles. The van der Waals surface area contributed by atoms with Gasteiger partial charge in [0.05, 0.1) is 25.4 Å². The van der Waals surface area contributed by atoms with E-state index in [-0.39, 0.29) is 0 Å². The maximum absolute atomic E-state index is 12.1. The zero-order valence-electron chi connectivity index (χ0n) is 26.0. The highest BCUT2D eigenvalue weighted by Crippen LogP contribution is 2.25. The van der Waals surface area contributed by atoms with Gasteiger partial charge in [0, 0.05) is 12.5 Å². The van der Waals surface area contributed by atoms with Crippen molar-refractivity contribution >= 4 is 17.7 Å². The number of nitrogens with zero attached hydrogens (tertiary/aromatic N) is 2. The van der Waals surface area contributed by atoms with Crippen molar-refractivity contribution in [1.82, 2.24) is 0 Å². The quantitative estimate of drug-likeness (QED) is 0.0987. The maximum Gasteiger partial charge on any atom is 0.514 e. The normalized spacial score (nSPS) is 13.8. The minimum atomic E-state index is -0.652. The van der Waals surface area contributed by atoms with Crippen molar-refractivity contribution in [1.29, 1.82) is 0 Å². The van der Waals surface area contributed by atoms with Gasteiger partial charge in [0.2, 0.25) is 5.90 Å². The first-order chi connectivity index (χ1) is 19.7. The summed E-state index contributed by atoms with van der Waals surface area (Å²) in [7, 11) is 0. The second kappa shape index (κ2) is 22.4. The zero-order chi connectivity index (χ0) is 28.7. The third kappa shape index (κ3) is 15.5. The van der Waals surface area contributed by atoms with Gasteiger partial charge in [0.1, 0.15) is 5.75 Å². The van der Waals surface area contributed by atoms with Crippen LogP contribution in [0.5, 0.6) is 5.75 Å². The lowest BCUT2D eigenvalue weighted by Crippen LogP contribution is -2.17. The van der Waals surface area contributed by atoms with Gasteiger partial charge in [-0.2, -0.15) is 0 Å². The van der Waals surface area contributed by atoms with Gasteiger partial charge in [0.25, 0.3) is 0 Å². The summed E-state index contributed by atoms with van der Waals surface area (Å²) in [6.45, 7) is 8.40. The predicted molar refractivity (Wildman–Crippen MR) is 167 cm³/mol. The highest BCUT2D eigenvalue weighted by Gasteiger charge is 2.21. The van der Waals surface area contributed by atoms with Crippen LogP contribution in [0.15, 0.2) is 29.4 Å². The second-order valence-corrected chi connectivity index (χ2v) is 11.4. The molecule has 0 N–H and O–H groups in total. The van der Waals surface area contributed by atoms with E-state index in [1.165, 1.54) is 83.5 Å². The minimum absolute atomic E-state index is 0.391. The highest BCUT2D eigenvalue weighted by atomic mass is 16.7. The Bertz CT molecular complexity index is 813. The number of hydrogen-bond acceptors (Lipinski definition) is 6. The second-order valence-electron chi connectivity index (χ2n) is 11.4. The first kappa shape index (κ1) is 34.0. The molecule has 1 atom stereocenters. The molecule has 1 aromatic rings. The molecule has 1 aliphatic heterocycles. The van der Waals surface area contributed by atoms with Crippen LogP contribution >= 0.6 is 0 Å². The summed E-state index contributed by atoms with van der Waals surface area (Å²) in [6.07, 6.45) is 23.3. The summed E-state index contributed by atoms with van der Waals surface area (Å²) in [5.41, 5.74) is 0.941. The van der Waals surface area contributed by atoms with E-state index in [1.807, 2.05) is 29.3 Å². The van der Waals surface area contributed by atoms with Gasteiger partial charge in [-0.05, 0) is 30.9 Å². The minimum Gasteiger partial charge on any atom is -0.494 e. The molecule has 1 unspecified atom stereocenters. The van der Waals surface area contributed by atoms with Gasteiger partial charge >= 0.3 is 6.16 Å². The van der Waals surface area contributed by atoms with Crippen molar-refractivity contribution < 1.29 is 19.0 Å². The monoisotopic (exact) mass is 558 g/mol. The Labute approximate surface area is 245 Å². The number of anilines is 1. The first-order valence-electron chi connectivity index (χ1n) is 16.6. The molecule has 6 heteroatoms. The van der Waals surface area contributed by atoms with Crippen LogP contribution in [-0.2, 0) is 9.47 Å². The third-order valence-corrected chi connectivity index (χ3v) is 7.83. The summed E-state index contributed by atoms with van der Waals surface area (Å²) in [5, 5.41) is 6.34. The molecule has 228 valence electrons. The molecule has 6 nitrogen and oxygen atoms in total. The molecular weight excluding hydrogens is 500 g/mol. The Morgan fingerprint density at radius 1 is 0.850 bits per heavy atom. The van der Waals surface area contributed by atoms with E-state index in [0.717, 1.165) is 50.1 Å². The van der Waals surface area contributed by atoms with Crippen LogP contribution in [0.4, 0.5) is 10.5 Å². The fourth-order valence-corrected chi connectivity index (χ4v) is 5.12. The van der Waals surface area contributed by atoms with Crippen molar-refractivity contribution in [2.75, 3.05) is 24.8 Å². The first-order valence-corrected chi connectivity index (χ1v) is 16.6. The largest absolute Gasteiger partial charge is 0.514 e. The molecule has 0 bridgehead atoms. The van der Waals surface area contributed by atoms with Crippen LogP contribution in [0.2, 0.25) is 0 Å². The molecule has 0 saturated carbocycles. The fraction of sp³-hybridized carbons (Fsp3) is 0.765. The molecular formula is C34H58N2O4. The Kier molecular flexibility index (Phi) is 19.1. The van der Waals surface area contributed by atoms with Crippen molar-refractivity contribution in [2.45, 2.75) is 143 Å². The number of benzene rings is 1. The van der Waals surface area contributed by atoms with E-state index in [2.05, 4.69) is 25.9 Å². The lowest BCUT2D eigenvalue weighted by molar-refractivity contribution is 0.0774. The molecule has 0 radical (unpaired) electrons. The molecule has 1 aliphatic rings. The van der Waals surface area contributed by atoms with Crippen molar-refractivity contribution in [3.8, 4) is 5.75 Å². The van der Waals surface area contributed by atoms with Crippen LogP contribution in [0.1, 0.15) is 143 Å². The van der Waals surface area contributed by atoms with Crippen molar-refractivity contribution in [2.24, 2.45) is 11.0 Å². The van der Waals surface area contributed by atoms with Gasteiger partial charge in [-0.25, -0.2) is 4.79 Å². The fourth-order valence-electron chi connectivity index (χ4n) is 5.12. The Morgan fingerprint density at radius 3 is 2.10 bits per heavy atom. The number of hydrazone groups is 1. The Morgan fingerprint density at radius 2 is 1.48 bits per heavy atom. The Balaban J connectivity index is 1.55. The molecule has 0 amide bonds. The number of rotatable bonds is 23. The summed E-state index contributed by atoms with van der Waals surface area (Å²) >= 11 is 0.